The van der Waals surface area contributed by atoms with Crippen molar-refractivity contribution in [3.8, 4) is 0 Å². The van der Waals surface area contributed by atoms with Crippen LogP contribution in [0.5, 0.6) is 0 Å². The summed E-state index contributed by atoms with van der Waals surface area (Å²) in [6.07, 6.45) is 1.10. The van der Waals surface area contributed by atoms with Crippen molar-refractivity contribution in [1.29, 1.82) is 0 Å². The molecule has 1 radical (unpaired) electrons. The number of hydrogen-bond donors (Lipinski definition) is 0. The molecule has 29 valence electrons. The van der Waals surface area contributed by atoms with Crippen molar-refractivity contribution >= 4 is 13.2 Å². The molecule has 0 aromatic heterocycles. The minimum atomic E-state index is -0.361. The Kier molecular flexibility index (Phi) is 0.475. The van der Waals surface area contributed by atoms with Gasteiger partial charge in [-0.2, -0.15) is 0 Å². The van der Waals surface area contributed by atoms with E-state index in [-0.39, 0.29) is 11.7 Å². The van der Waals surface area contributed by atoms with Gasteiger partial charge in [-0.05, 0) is 0 Å². The summed E-state index contributed by atoms with van der Waals surface area (Å²) in [4.78, 5) is 10.1. The summed E-state index contributed by atoms with van der Waals surface area (Å²) >= 11 is 0. The normalized spacial score (nSPS) is 21.0. The molecule has 0 amide bonds. The van der Waals surface area contributed by atoms with Crippen LogP contribution in [0.3, 0.4) is 0 Å². The van der Waals surface area contributed by atoms with E-state index in [9.17, 15) is 4.79 Å². The SMILES string of the molecule is [2H]C1=CO[B]C1=O. The van der Waals surface area contributed by atoms with Gasteiger partial charge in [0.1, 0.15) is 0 Å². The van der Waals surface area contributed by atoms with E-state index in [1.165, 1.54) is 0 Å². The summed E-state index contributed by atoms with van der Waals surface area (Å²) in [6.45, 7) is 0. The monoisotopic (exact) mass is 82.0 g/mol. The van der Waals surface area contributed by atoms with Crippen LogP contribution in [-0.2, 0) is 9.45 Å². The molecule has 6 heavy (non-hydrogen) atoms. The first-order valence-corrected chi connectivity index (χ1v) is 1.50. The Bertz CT molecular complexity index is 131. The molecule has 0 N–H and O–H groups in total. The quantitative estimate of drug-likeness (QED) is 0.374. The highest BCUT2D eigenvalue weighted by molar-refractivity contribution is 6.72. The molecular formula is C3H2BO2. The third-order valence-electron chi connectivity index (χ3n) is 0.444. The topological polar surface area (TPSA) is 26.3 Å². The lowest BCUT2D eigenvalue weighted by atomic mass is 9.97. The second-order valence-electron chi connectivity index (χ2n) is 0.880. The minimum Gasteiger partial charge on any atom is -0.561 e. The second-order valence-corrected chi connectivity index (χ2v) is 0.880. The van der Waals surface area contributed by atoms with Crippen LogP contribution in [0.25, 0.3) is 0 Å². The van der Waals surface area contributed by atoms with Crippen molar-refractivity contribution in [3.63, 3.8) is 0 Å². The predicted molar refractivity (Wildman–Crippen MR) is 21.0 cm³/mol. The van der Waals surface area contributed by atoms with Crippen LogP contribution in [0.1, 0.15) is 1.37 Å². The number of carbonyl (C=O) groups is 1. The van der Waals surface area contributed by atoms with Crippen LogP contribution in [0.15, 0.2) is 12.3 Å². The number of carbonyl (C=O) groups excluding carboxylic acids is 1. The number of rotatable bonds is 0. The van der Waals surface area contributed by atoms with Gasteiger partial charge in [0, 0.05) is 6.05 Å². The van der Waals surface area contributed by atoms with Crippen molar-refractivity contribution in [3.05, 3.63) is 12.3 Å². The van der Waals surface area contributed by atoms with Crippen molar-refractivity contribution < 1.29 is 10.8 Å². The maximum absolute atomic E-state index is 10.1. The van der Waals surface area contributed by atoms with E-state index in [0.717, 1.165) is 13.7 Å². The Hall–Kier alpha value is -0.725. The van der Waals surface area contributed by atoms with Gasteiger partial charge in [-0.3, -0.25) is 0 Å². The zero-order chi connectivity index (χ0) is 5.28. The molecule has 1 aliphatic rings. The molecule has 0 spiro atoms. The summed E-state index contributed by atoms with van der Waals surface area (Å²) in [5, 5.41) is 0. The van der Waals surface area contributed by atoms with E-state index in [4.69, 9.17) is 1.37 Å². The third-order valence-corrected chi connectivity index (χ3v) is 0.444. The van der Waals surface area contributed by atoms with Gasteiger partial charge in [0.05, 0.1) is 7.63 Å². The summed E-state index contributed by atoms with van der Waals surface area (Å²) in [6, 6.07) is -0.0833. The molecule has 0 unspecified atom stereocenters. The Morgan fingerprint density at radius 2 is 3.00 bits per heavy atom. The Morgan fingerprint density at radius 1 is 2.17 bits per heavy atom. The van der Waals surface area contributed by atoms with Gasteiger partial charge in [0.2, 0.25) is 0 Å². The van der Waals surface area contributed by atoms with Gasteiger partial charge >= 0.3 is 7.48 Å². The van der Waals surface area contributed by atoms with Crippen molar-refractivity contribution in [1.82, 2.24) is 0 Å². The minimum absolute atomic E-state index is 0.0833. The molecule has 0 bridgehead atoms. The smallest absolute Gasteiger partial charge is 0.456 e. The Morgan fingerprint density at radius 3 is 3.17 bits per heavy atom. The first-order valence-electron chi connectivity index (χ1n) is 2.00. The molecule has 1 rings (SSSR count). The Labute approximate surface area is 37.5 Å². The van der Waals surface area contributed by atoms with Crippen molar-refractivity contribution in [2.75, 3.05) is 0 Å². The molecule has 3 heteroatoms. The maximum Gasteiger partial charge on any atom is 0.456 e. The molecule has 1 aliphatic heterocycles. The summed E-state index contributed by atoms with van der Waals surface area (Å²) in [5.74, 6) is 0. The summed E-state index contributed by atoms with van der Waals surface area (Å²) in [5.41, 5.74) is -0.361. The van der Waals surface area contributed by atoms with Gasteiger partial charge in [-0.25, -0.2) is 0 Å². The van der Waals surface area contributed by atoms with E-state index in [2.05, 4.69) is 4.65 Å². The van der Waals surface area contributed by atoms with Gasteiger partial charge < -0.3 is 9.45 Å². The predicted octanol–water partition coefficient (Wildman–Crippen LogP) is -0.324. The van der Waals surface area contributed by atoms with E-state index in [1.807, 2.05) is 0 Å². The van der Waals surface area contributed by atoms with Crippen LogP contribution >= 0.6 is 0 Å². The van der Waals surface area contributed by atoms with Crippen molar-refractivity contribution in [2.45, 2.75) is 0 Å². The molecule has 0 atom stereocenters. The van der Waals surface area contributed by atoms with E-state index in [1.54, 1.807) is 0 Å². The number of hydrogen-bond acceptors (Lipinski definition) is 2. The van der Waals surface area contributed by atoms with Crippen LogP contribution in [-0.4, -0.2) is 13.2 Å². The van der Waals surface area contributed by atoms with E-state index >= 15 is 0 Å². The Balaban J connectivity index is 2.72. The van der Waals surface area contributed by atoms with Crippen LogP contribution < -0.4 is 0 Å². The second kappa shape index (κ2) is 1.16. The van der Waals surface area contributed by atoms with Gasteiger partial charge in [-0.15, -0.1) is 0 Å². The molecule has 0 aromatic carbocycles. The zero-order valence-electron chi connectivity index (χ0n) is 3.97. The molecule has 0 aromatic rings. The zero-order valence-corrected chi connectivity index (χ0v) is 2.97. The average molecular weight is 81.9 g/mol. The standard InChI is InChI=1S/C3H2BO2/c5-3-1-2-6-4-3/h1-2H/i1D. The highest BCUT2D eigenvalue weighted by Crippen LogP contribution is 1.86. The fourth-order valence-corrected chi connectivity index (χ4v) is 0.222. The van der Waals surface area contributed by atoms with Crippen LogP contribution in [0.4, 0.5) is 0 Å². The average Bonchev–Trinajstić information content (AvgIpc) is 1.91. The van der Waals surface area contributed by atoms with Crippen LogP contribution in [0, 0.1) is 0 Å². The first-order chi connectivity index (χ1) is 3.30. The van der Waals surface area contributed by atoms with Gasteiger partial charge in [0.15, 0.2) is 5.68 Å². The largest absolute Gasteiger partial charge is 0.561 e. The lowest BCUT2D eigenvalue weighted by Gasteiger charge is -1.75. The highest BCUT2D eigenvalue weighted by Gasteiger charge is 2.05. The summed E-state index contributed by atoms with van der Waals surface area (Å²) in [7, 11) is 1.00. The molecular weight excluding hydrogens is 78.8 g/mol. The molecule has 0 fully saturated rings. The van der Waals surface area contributed by atoms with E-state index in [0.29, 0.717) is 0 Å². The molecule has 2 nitrogen and oxygen atoms in total. The molecule has 0 saturated carbocycles. The molecule has 1 heterocycles. The van der Waals surface area contributed by atoms with Crippen molar-refractivity contribution in [2.24, 2.45) is 0 Å². The molecule has 0 aliphatic carbocycles. The van der Waals surface area contributed by atoms with E-state index < -0.39 is 0 Å². The maximum atomic E-state index is 10.1. The fourth-order valence-electron chi connectivity index (χ4n) is 0.222. The first kappa shape index (κ1) is 2.45. The van der Waals surface area contributed by atoms with Crippen LogP contribution in [0.2, 0.25) is 0 Å². The highest BCUT2D eigenvalue weighted by atomic mass is 16.4. The lowest BCUT2D eigenvalue weighted by Crippen LogP contribution is -1.98. The third kappa shape index (κ3) is 0.430. The van der Waals surface area contributed by atoms with Gasteiger partial charge in [0.25, 0.3) is 0 Å². The number of allylic oxidation sites excluding steroid dienone is 1. The lowest BCUT2D eigenvalue weighted by molar-refractivity contribution is -0.108. The molecule has 0 saturated heterocycles. The van der Waals surface area contributed by atoms with Gasteiger partial charge in [-0.1, -0.05) is 0 Å². The summed E-state index contributed by atoms with van der Waals surface area (Å²) < 4.78 is 11.0. The fraction of sp³-hybridized carbons (Fsp3) is 0.